The van der Waals surface area contributed by atoms with Gasteiger partial charge in [-0.3, -0.25) is 9.36 Å². The second-order valence-electron chi connectivity index (χ2n) is 7.40. The molecule has 0 aliphatic heterocycles. The Morgan fingerprint density at radius 3 is 2.44 bits per heavy atom. The number of imidazole rings is 1. The molecular weight excluding hydrogens is 340 g/mol. The van der Waals surface area contributed by atoms with Crippen molar-refractivity contribution in [3.8, 4) is 11.6 Å². The van der Waals surface area contributed by atoms with Gasteiger partial charge in [0.05, 0.1) is 11.9 Å². The minimum Gasteiger partial charge on any atom is -0.481 e. The molecular formula is C21H24N4O2. The molecule has 0 aliphatic carbocycles. The summed E-state index contributed by atoms with van der Waals surface area (Å²) in [6, 6.07) is 11.5. The van der Waals surface area contributed by atoms with E-state index in [1.807, 2.05) is 30.3 Å². The van der Waals surface area contributed by atoms with Crippen molar-refractivity contribution in [2.45, 2.75) is 39.2 Å². The van der Waals surface area contributed by atoms with Crippen LogP contribution in [0.4, 0.5) is 5.69 Å². The predicted molar refractivity (Wildman–Crippen MR) is 105 cm³/mol. The highest BCUT2D eigenvalue weighted by atomic mass is 16.5. The van der Waals surface area contributed by atoms with Crippen LogP contribution in [0.2, 0.25) is 0 Å². The molecule has 6 nitrogen and oxygen atoms in total. The fraction of sp³-hybridized carbons (Fsp3) is 0.286. The van der Waals surface area contributed by atoms with Gasteiger partial charge in [0.25, 0.3) is 5.91 Å². The van der Waals surface area contributed by atoms with Gasteiger partial charge in [0.1, 0.15) is 17.9 Å². The lowest BCUT2D eigenvalue weighted by atomic mass is 9.87. The van der Waals surface area contributed by atoms with Gasteiger partial charge in [0.15, 0.2) is 6.10 Å². The minimum atomic E-state index is -0.626. The highest BCUT2D eigenvalue weighted by Crippen LogP contribution is 2.24. The van der Waals surface area contributed by atoms with Gasteiger partial charge in [-0.05, 0) is 42.2 Å². The number of carbonyl (C=O) groups is 1. The summed E-state index contributed by atoms with van der Waals surface area (Å²) in [5.41, 5.74) is 1.91. The zero-order valence-electron chi connectivity index (χ0n) is 16.0. The molecule has 0 bridgehead atoms. The van der Waals surface area contributed by atoms with Crippen molar-refractivity contribution >= 4 is 11.6 Å². The molecule has 1 amide bonds. The lowest BCUT2D eigenvalue weighted by molar-refractivity contribution is -0.122. The summed E-state index contributed by atoms with van der Waals surface area (Å²) in [5, 5.41) is 2.82. The zero-order valence-corrected chi connectivity index (χ0v) is 16.0. The smallest absolute Gasteiger partial charge is 0.265 e. The third kappa shape index (κ3) is 4.73. The van der Waals surface area contributed by atoms with Crippen LogP contribution in [-0.4, -0.2) is 26.5 Å². The van der Waals surface area contributed by atoms with E-state index in [-0.39, 0.29) is 11.3 Å². The second-order valence-corrected chi connectivity index (χ2v) is 7.40. The molecule has 1 aromatic carbocycles. The van der Waals surface area contributed by atoms with Crippen LogP contribution < -0.4 is 10.1 Å². The lowest BCUT2D eigenvalue weighted by Crippen LogP contribution is -2.30. The van der Waals surface area contributed by atoms with Crippen molar-refractivity contribution in [1.29, 1.82) is 0 Å². The summed E-state index contributed by atoms with van der Waals surface area (Å²) >= 11 is 0. The SMILES string of the molecule is CC(Oc1ccc(C(C)(C)C)cc1)C(=O)Nc1ccc(-n2ccnc2)nc1. The van der Waals surface area contributed by atoms with Gasteiger partial charge in [0, 0.05) is 12.4 Å². The fourth-order valence-electron chi connectivity index (χ4n) is 2.54. The standard InChI is InChI=1S/C21H24N4O2/c1-15(27-18-8-5-16(6-9-18)21(2,3)4)20(26)24-17-7-10-19(23-13-17)25-12-11-22-14-25/h5-15H,1-4H3,(H,24,26). The van der Waals surface area contributed by atoms with Crippen LogP contribution in [0, 0.1) is 0 Å². The van der Waals surface area contributed by atoms with Crippen molar-refractivity contribution in [2.24, 2.45) is 0 Å². The summed E-state index contributed by atoms with van der Waals surface area (Å²) in [5.74, 6) is 1.17. The summed E-state index contributed by atoms with van der Waals surface area (Å²) in [6.45, 7) is 8.20. The van der Waals surface area contributed by atoms with E-state index in [1.54, 1.807) is 42.5 Å². The molecule has 0 saturated heterocycles. The van der Waals surface area contributed by atoms with Crippen molar-refractivity contribution in [1.82, 2.24) is 14.5 Å². The maximum absolute atomic E-state index is 12.4. The first-order chi connectivity index (χ1) is 12.8. The minimum absolute atomic E-state index is 0.0808. The number of pyridine rings is 1. The van der Waals surface area contributed by atoms with Gasteiger partial charge in [-0.2, -0.15) is 0 Å². The van der Waals surface area contributed by atoms with Gasteiger partial charge in [0.2, 0.25) is 0 Å². The first-order valence-corrected chi connectivity index (χ1v) is 8.85. The molecule has 2 heterocycles. The molecule has 140 valence electrons. The molecule has 2 aromatic heterocycles. The molecule has 27 heavy (non-hydrogen) atoms. The number of benzene rings is 1. The first-order valence-electron chi connectivity index (χ1n) is 8.85. The van der Waals surface area contributed by atoms with E-state index >= 15 is 0 Å². The molecule has 0 radical (unpaired) electrons. The van der Waals surface area contributed by atoms with Crippen LogP contribution in [0.25, 0.3) is 5.82 Å². The van der Waals surface area contributed by atoms with Gasteiger partial charge in [-0.25, -0.2) is 9.97 Å². The van der Waals surface area contributed by atoms with E-state index in [1.165, 1.54) is 5.56 Å². The molecule has 0 aliphatic rings. The molecule has 0 spiro atoms. The third-order valence-corrected chi connectivity index (χ3v) is 4.19. The van der Waals surface area contributed by atoms with Crippen molar-refractivity contribution in [3.63, 3.8) is 0 Å². The second kappa shape index (κ2) is 7.61. The summed E-state index contributed by atoms with van der Waals surface area (Å²) in [7, 11) is 0. The number of amides is 1. The number of rotatable bonds is 5. The number of anilines is 1. The van der Waals surface area contributed by atoms with Crippen LogP contribution in [-0.2, 0) is 10.2 Å². The Hall–Kier alpha value is -3.15. The summed E-state index contributed by atoms with van der Waals surface area (Å²) in [4.78, 5) is 20.7. The number of nitrogens with zero attached hydrogens (tertiary/aromatic N) is 3. The maximum Gasteiger partial charge on any atom is 0.265 e. The monoisotopic (exact) mass is 364 g/mol. The van der Waals surface area contributed by atoms with Crippen LogP contribution in [0.5, 0.6) is 5.75 Å². The third-order valence-electron chi connectivity index (χ3n) is 4.19. The Kier molecular flexibility index (Phi) is 5.26. The van der Waals surface area contributed by atoms with E-state index < -0.39 is 6.10 Å². The molecule has 6 heteroatoms. The Balaban J connectivity index is 1.59. The van der Waals surface area contributed by atoms with Gasteiger partial charge >= 0.3 is 0 Å². The van der Waals surface area contributed by atoms with Crippen LogP contribution in [0.1, 0.15) is 33.3 Å². The average Bonchev–Trinajstić information content (AvgIpc) is 3.16. The number of hydrogen-bond acceptors (Lipinski definition) is 4. The largest absolute Gasteiger partial charge is 0.481 e. The Morgan fingerprint density at radius 1 is 1.15 bits per heavy atom. The molecule has 1 N–H and O–H groups in total. The highest BCUT2D eigenvalue weighted by molar-refractivity contribution is 5.94. The Bertz CT molecular complexity index is 879. The van der Waals surface area contributed by atoms with Crippen molar-refractivity contribution < 1.29 is 9.53 Å². The topological polar surface area (TPSA) is 69.0 Å². The van der Waals surface area contributed by atoms with E-state index in [0.29, 0.717) is 11.4 Å². The highest BCUT2D eigenvalue weighted by Gasteiger charge is 2.17. The Morgan fingerprint density at radius 2 is 1.89 bits per heavy atom. The summed E-state index contributed by atoms with van der Waals surface area (Å²) < 4.78 is 7.54. The Labute approximate surface area is 159 Å². The fourth-order valence-corrected chi connectivity index (χ4v) is 2.54. The summed E-state index contributed by atoms with van der Waals surface area (Å²) in [6.07, 6.45) is 6.14. The average molecular weight is 364 g/mol. The van der Waals surface area contributed by atoms with Crippen LogP contribution in [0.15, 0.2) is 61.3 Å². The molecule has 0 fully saturated rings. The molecule has 3 rings (SSSR count). The molecule has 0 saturated carbocycles. The zero-order chi connectivity index (χ0) is 19.4. The molecule has 1 atom stereocenters. The van der Waals surface area contributed by atoms with E-state index in [2.05, 4.69) is 36.1 Å². The quantitative estimate of drug-likeness (QED) is 0.744. The van der Waals surface area contributed by atoms with Crippen LogP contribution in [0.3, 0.4) is 0 Å². The van der Waals surface area contributed by atoms with Gasteiger partial charge < -0.3 is 10.1 Å². The predicted octanol–water partition coefficient (Wildman–Crippen LogP) is 3.97. The first kappa shape index (κ1) is 18.6. The van der Waals surface area contributed by atoms with Crippen molar-refractivity contribution in [2.75, 3.05) is 5.32 Å². The van der Waals surface area contributed by atoms with Gasteiger partial charge in [-0.15, -0.1) is 0 Å². The maximum atomic E-state index is 12.4. The number of aromatic nitrogens is 3. The van der Waals surface area contributed by atoms with E-state index in [0.717, 1.165) is 5.82 Å². The number of ether oxygens (including phenoxy) is 1. The van der Waals surface area contributed by atoms with Crippen molar-refractivity contribution in [3.05, 3.63) is 66.9 Å². The van der Waals surface area contributed by atoms with E-state index in [4.69, 9.17) is 4.74 Å². The van der Waals surface area contributed by atoms with E-state index in [9.17, 15) is 4.79 Å². The molecule has 3 aromatic rings. The van der Waals surface area contributed by atoms with Crippen LogP contribution >= 0.6 is 0 Å². The lowest BCUT2D eigenvalue weighted by Gasteiger charge is -2.20. The molecule has 1 unspecified atom stereocenters. The number of hydrogen-bond donors (Lipinski definition) is 1. The number of carbonyl (C=O) groups excluding carboxylic acids is 1. The number of nitrogens with one attached hydrogen (secondary N) is 1. The normalized spacial score (nSPS) is 12.4. The van der Waals surface area contributed by atoms with Gasteiger partial charge in [-0.1, -0.05) is 32.9 Å².